The van der Waals surface area contributed by atoms with Crippen LogP contribution in [0.15, 0.2) is 52.9 Å². The summed E-state index contributed by atoms with van der Waals surface area (Å²) < 4.78 is 57.8. The Bertz CT molecular complexity index is 765. The zero-order valence-corrected chi connectivity index (χ0v) is 10.7. The summed E-state index contributed by atoms with van der Waals surface area (Å²) >= 11 is 0. The van der Waals surface area contributed by atoms with Crippen LogP contribution in [0.4, 0.5) is 17.6 Å². The van der Waals surface area contributed by atoms with Crippen molar-refractivity contribution in [3.05, 3.63) is 60.1 Å². The number of hydrogen-bond acceptors (Lipinski definition) is 1. The van der Waals surface area contributed by atoms with Gasteiger partial charge < -0.3 is 4.42 Å². The highest BCUT2D eigenvalue weighted by atomic mass is 19.3. The SMILES string of the molecule is Fc1ccc2oc(C(F)C(F)F)c(-c3ccccc3)c2c1. The topological polar surface area (TPSA) is 13.1 Å². The Morgan fingerprint density at radius 1 is 0.905 bits per heavy atom. The molecule has 0 N–H and O–H groups in total. The third-order valence-corrected chi connectivity index (χ3v) is 3.21. The largest absolute Gasteiger partial charge is 0.457 e. The van der Waals surface area contributed by atoms with Crippen molar-refractivity contribution < 1.29 is 22.0 Å². The molecule has 0 aliphatic carbocycles. The fraction of sp³-hybridized carbons (Fsp3) is 0.125. The Morgan fingerprint density at radius 3 is 2.29 bits per heavy atom. The van der Waals surface area contributed by atoms with Crippen molar-refractivity contribution in [2.24, 2.45) is 0 Å². The van der Waals surface area contributed by atoms with Crippen molar-refractivity contribution in [2.75, 3.05) is 0 Å². The standard InChI is InChI=1S/C16H10F4O/c17-10-6-7-12-11(8-10)13(9-4-2-1-3-5-9)15(21-12)14(18)16(19)20/h1-8,14,16H. The van der Waals surface area contributed by atoms with Crippen LogP contribution >= 0.6 is 0 Å². The van der Waals surface area contributed by atoms with Gasteiger partial charge in [-0.3, -0.25) is 0 Å². The van der Waals surface area contributed by atoms with E-state index >= 15 is 0 Å². The molecule has 1 heterocycles. The number of hydrogen-bond donors (Lipinski definition) is 0. The minimum atomic E-state index is -3.21. The van der Waals surface area contributed by atoms with Crippen LogP contribution < -0.4 is 0 Å². The van der Waals surface area contributed by atoms with E-state index in [2.05, 4.69) is 0 Å². The second-order valence-corrected chi connectivity index (χ2v) is 4.58. The van der Waals surface area contributed by atoms with E-state index in [1.165, 1.54) is 6.07 Å². The molecular weight excluding hydrogens is 284 g/mol. The van der Waals surface area contributed by atoms with E-state index in [1.807, 2.05) is 0 Å². The maximum atomic E-state index is 13.8. The molecule has 0 bridgehead atoms. The number of halogens is 4. The number of alkyl halides is 3. The lowest BCUT2D eigenvalue weighted by Crippen LogP contribution is -2.03. The number of benzene rings is 2. The monoisotopic (exact) mass is 294 g/mol. The molecule has 0 radical (unpaired) electrons. The Kier molecular flexibility index (Phi) is 3.41. The second kappa shape index (κ2) is 5.24. The van der Waals surface area contributed by atoms with Gasteiger partial charge >= 0.3 is 0 Å². The van der Waals surface area contributed by atoms with Crippen LogP contribution in [0.3, 0.4) is 0 Å². The minimum Gasteiger partial charge on any atom is -0.457 e. The second-order valence-electron chi connectivity index (χ2n) is 4.58. The molecule has 0 saturated heterocycles. The van der Waals surface area contributed by atoms with Crippen LogP contribution in [0.2, 0.25) is 0 Å². The van der Waals surface area contributed by atoms with Gasteiger partial charge in [0.1, 0.15) is 11.4 Å². The molecule has 0 aliphatic heterocycles. The number of fused-ring (bicyclic) bond motifs is 1. The molecular formula is C16H10F4O. The zero-order valence-electron chi connectivity index (χ0n) is 10.7. The normalized spacial score (nSPS) is 13.0. The molecule has 0 amide bonds. The van der Waals surface area contributed by atoms with Gasteiger partial charge in [-0.2, -0.15) is 0 Å². The van der Waals surface area contributed by atoms with E-state index in [4.69, 9.17) is 4.42 Å². The molecule has 108 valence electrons. The van der Waals surface area contributed by atoms with Gasteiger partial charge in [-0.05, 0) is 23.8 Å². The summed E-state index contributed by atoms with van der Waals surface area (Å²) in [6.07, 6.45) is -5.77. The highest BCUT2D eigenvalue weighted by Crippen LogP contribution is 2.41. The molecule has 0 aliphatic rings. The van der Waals surface area contributed by atoms with Gasteiger partial charge in [0.2, 0.25) is 6.17 Å². The first-order chi connectivity index (χ1) is 10.1. The van der Waals surface area contributed by atoms with Crippen molar-refractivity contribution in [3.8, 4) is 11.1 Å². The molecule has 21 heavy (non-hydrogen) atoms. The molecule has 1 nitrogen and oxygen atoms in total. The van der Waals surface area contributed by atoms with Gasteiger partial charge in [-0.25, -0.2) is 17.6 Å². The maximum Gasteiger partial charge on any atom is 0.276 e. The fourth-order valence-corrected chi connectivity index (χ4v) is 2.30. The van der Waals surface area contributed by atoms with Crippen molar-refractivity contribution in [3.63, 3.8) is 0 Å². The predicted molar refractivity (Wildman–Crippen MR) is 71.5 cm³/mol. The first-order valence-electron chi connectivity index (χ1n) is 6.27. The van der Waals surface area contributed by atoms with E-state index in [-0.39, 0.29) is 16.5 Å². The lowest BCUT2D eigenvalue weighted by atomic mass is 10.0. The van der Waals surface area contributed by atoms with Crippen LogP contribution in [0.25, 0.3) is 22.1 Å². The van der Waals surface area contributed by atoms with Crippen LogP contribution in [0.5, 0.6) is 0 Å². The Hall–Kier alpha value is -2.30. The van der Waals surface area contributed by atoms with E-state index < -0.39 is 24.2 Å². The molecule has 5 heteroatoms. The van der Waals surface area contributed by atoms with Crippen molar-refractivity contribution >= 4 is 11.0 Å². The summed E-state index contributed by atoms with van der Waals surface area (Å²) in [6.45, 7) is 0. The maximum absolute atomic E-state index is 13.8. The molecule has 0 spiro atoms. The quantitative estimate of drug-likeness (QED) is 0.580. The van der Waals surface area contributed by atoms with Crippen LogP contribution in [0.1, 0.15) is 11.9 Å². The fourth-order valence-electron chi connectivity index (χ4n) is 2.30. The van der Waals surface area contributed by atoms with Gasteiger partial charge in [-0.1, -0.05) is 30.3 Å². The molecule has 2 aromatic carbocycles. The number of rotatable bonds is 3. The van der Waals surface area contributed by atoms with Crippen molar-refractivity contribution in [2.45, 2.75) is 12.6 Å². The van der Waals surface area contributed by atoms with Gasteiger partial charge in [0.15, 0.2) is 5.76 Å². The van der Waals surface area contributed by atoms with Crippen LogP contribution in [-0.2, 0) is 0 Å². The average Bonchev–Trinajstić information content (AvgIpc) is 2.85. The predicted octanol–water partition coefficient (Wildman–Crippen LogP) is 5.51. The zero-order chi connectivity index (χ0) is 15.0. The minimum absolute atomic E-state index is 0.165. The first-order valence-corrected chi connectivity index (χ1v) is 6.27. The van der Waals surface area contributed by atoms with Gasteiger partial charge in [0.05, 0.1) is 0 Å². The molecule has 0 saturated carbocycles. The summed E-state index contributed by atoms with van der Waals surface area (Å²) in [5.74, 6) is -1.02. The van der Waals surface area contributed by atoms with Crippen molar-refractivity contribution in [1.29, 1.82) is 0 Å². The smallest absolute Gasteiger partial charge is 0.276 e. The Balaban J connectivity index is 2.32. The van der Waals surface area contributed by atoms with E-state index in [0.29, 0.717) is 5.56 Å². The highest BCUT2D eigenvalue weighted by Gasteiger charge is 2.30. The van der Waals surface area contributed by atoms with E-state index in [1.54, 1.807) is 30.3 Å². The Morgan fingerprint density at radius 2 is 1.62 bits per heavy atom. The van der Waals surface area contributed by atoms with E-state index in [9.17, 15) is 17.6 Å². The van der Waals surface area contributed by atoms with Gasteiger partial charge in [0, 0.05) is 10.9 Å². The third kappa shape index (κ3) is 2.39. The van der Waals surface area contributed by atoms with Crippen LogP contribution in [-0.4, -0.2) is 6.43 Å². The van der Waals surface area contributed by atoms with Gasteiger partial charge in [-0.15, -0.1) is 0 Å². The first kappa shape index (κ1) is 13.7. The summed E-state index contributed by atoms with van der Waals surface area (Å²) in [5, 5.41) is 0.277. The molecule has 1 atom stereocenters. The summed E-state index contributed by atoms with van der Waals surface area (Å²) in [5.41, 5.74) is 0.839. The Labute approximate surface area is 117 Å². The molecule has 3 aromatic rings. The van der Waals surface area contributed by atoms with Crippen LogP contribution in [0, 0.1) is 5.82 Å². The third-order valence-electron chi connectivity index (χ3n) is 3.21. The van der Waals surface area contributed by atoms with Crippen molar-refractivity contribution in [1.82, 2.24) is 0 Å². The van der Waals surface area contributed by atoms with Gasteiger partial charge in [0.25, 0.3) is 6.43 Å². The highest BCUT2D eigenvalue weighted by molar-refractivity contribution is 5.96. The summed E-state index contributed by atoms with van der Waals surface area (Å²) in [4.78, 5) is 0. The summed E-state index contributed by atoms with van der Waals surface area (Å²) in [6, 6.07) is 12.0. The molecule has 3 rings (SSSR count). The summed E-state index contributed by atoms with van der Waals surface area (Å²) in [7, 11) is 0. The molecule has 1 unspecified atom stereocenters. The molecule has 1 aromatic heterocycles. The lowest BCUT2D eigenvalue weighted by molar-refractivity contribution is 0.0389. The van der Waals surface area contributed by atoms with E-state index in [0.717, 1.165) is 12.1 Å². The molecule has 0 fully saturated rings. The number of furan rings is 1. The lowest BCUT2D eigenvalue weighted by Gasteiger charge is -2.07. The average molecular weight is 294 g/mol.